The number of anilines is 2. The fourth-order valence-corrected chi connectivity index (χ4v) is 4.85. The summed E-state index contributed by atoms with van der Waals surface area (Å²) < 4.78 is 14.9. The van der Waals surface area contributed by atoms with Gasteiger partial charge in [-0.3, -0.25) is 19.3 Å². The normalized spacial score (nSPS) is 11.7. The van der Waals surface area contributed by atoms with Crippen molar-refractivity contribution in [2.75, 3.05) is 31.4 Å². The van der Waals surface area contributed by atoms with Crippen molar-refractivity contribution in [3.05, 3.63) is 63.7 Å². The van der Waals surface area contributed by atoms with Gasteiger partial charge in [0.05, 0.1) is 19.9 Å². The van der Waals surface area contributed by atoms with Crippen LogP contribution in [0.2, 0.25) is 0 Å². The van der Waals surface area contributed by atoms with Gasteiger partial charge in [0.25, 0.3) is 11.8 Å². The largest absolute Gasteiger partial charge is 0.493 e. The molecule has 0 aliphatic rings. The summed E-state index contributed by atoms with van der Waals surface area (Å²) in [5, 5.41) is 2.98. The molecule has 39 heavy (non-hydrogen) atoms. The number of nitrogens with one attached hydrogen (secondary N) is 1. The number of nitrogens with zero attached hydrogens (tertiary/aromatic N) is 2. The van der Waals surface area contributed by atoms with Crippen molar-refractivity contribution in [1.82, 2.24) is 9.69 Å². The predicted octanol–water partition coefficient (Wildman–Crippen LogP) is 4.01. The van der Waals surface area contributed by atoms with Gasteiger partial charge in [-0.05, 0) is 72.6 Å². The number of ether oxygens (including phenoxy) is 2. The fourth-order valence-electron chi connectivity index (χ4n) is 4.10. The van der Waals surface area contributed by atoms with Gasteiger partial charge in [0, 0.05) is 12.2 Å². The van der Waals surface area contributed by atoms with E-state index in [0.717, 1.165) is 29.1 Å². The second-order valence-electron chi connectivity index (χ2n) is 9.59. The lowest BCUT2D eigenvalue weighted by molar-refractivity contribution is -0.122. The number of nitrogens with two attached hydrogens (primary N) is 2. The lowest BCUT2D eigenvalue weighted by Crippen LogP contribution is -2.44. The zero-order valence-electron chi connectivity index (χ0n) is 23.0. The molecule has 0 bridgehead atoms. The molecule has 0 fully saturated rings. The summed E-state index contributed by atoms with van der Waals surface area (Å²) in [6.45, 7) is 8.29. The van der Waals surface area contributed by atoms with Crippen LogP contribution in [0.1, 0.15) is 63.2 Å². The number of aryl methyl sites for hydroxylation is 2. The van der Waals surface area contributed by atoms with Crippen LogP contribution in [-0.4, -0.2) is 42.9 Å². The Kier molecular flexibility index (Phi) is 9.52. The Hall–Kier alpha value is -4.12. The number of aromatic nitrogens is 1. The Bertz CT molecular complexity index is 1370. The van der Waals surface area contributed by atoms with E-state index in [4.69, 9.17) is 20.9 Å². The van der Waals surface area contributed by atoms with Crippen molar-refractivity contribution in [3.8, 4) is 11.5 Å². The number of hydrogen-bond donors (Lipinski definition) is 3. The van der Waals surface area contributed by atoms with Crippen molar-refractivity contribution in [3.63, 3.8) is 0 Å². The molecule has 1 unspecified atom stereocenters. The van der Waals surface area contributed by atoms with Crippen molar-refractivity contribution in [2.24, 2.45) is 11.7 Å². The highest BCUT2D eigenvalue weighted by molar-refractivity contribution is 7.09. The average molecular weight is 554 g/mol. The highest BCUT2D eigenvalue weighted by atomic mass is 32.1. The number of amides is 3. The first-order valence-corrected chi connectivity index (χ1v) is 13.2. The average Bonchev–Trinajstić information content (AvgIpc) is 3.29. The van der Waals surface area contributed by atoms with E-state index in [1.165, 1.54) is 19.1 Å². The number of hydrogen-bond acceptors (Lipinski definition) is 8. The maximum Gasteiger partial charge on any atom is 0.273 e. The fraction of sp³-hybridized carbons (Fsp3) is 0.357. The van der Waals surface area contributed by atoms with Gasteiger partial charge in [-0.2, -0.15) is 4.37 Å². The maximum absolute atomic E-state index is 14.3. The van der Waals surface area contributed by atoms with Crippen LogP contribution >= 0.6 is 11.5 Å². The van der Waals surface area contributed by atoms with E-state index in [9.17, 15) is 14.4 Å². The molecule has 3 amide bonds. The standard InChI is InChI=1S/C28H35N5O5S/c1-15(2)11-12-31-27(35)24(18-9-10-20(37-5)21(14-18)38-6)33(19-13-16(3)7-8-17(19)4)28(36)25-22(29)23(26(30)34)32-39-25/h7-10,13-15,24H,11-12,29H2,1-6H3,(H2,30,34)(H,31,35). The second-order valence-corrected chi connectivity index (χ2v) is 10.4. The van der Waals surface area contributed by atoms with Gasteiger partial charge in [0.15, 0.2) is 17.2 Å². The Morgan fingerprint density at radius 3 is 2.33 bits per heavy atom. The first kappa shape index (κ1) is 29.4. The van der Waals surface area contributed by atoms with E-state index in [0.29, 0.717) is 35.2 Å². The minimum Gasteiger partial charge on any atom is -0.493 e. The van der Waals surface area contributed by atoms with Gasteiger partial charge >= 0.3 is 0 Å². The molecule has 0 aliphatic heterocycles. The van der Waals surface area contributed by atoms with E-state index in [2.05, 4.69) is 23.5 Å². The smallest absolute Gasteiger partial charge is 0.273 e. The molecule has 0 spiro atoms. The summed E-state index contributed by atoms with van der Waals surface area (Å²) in [6.07, 6.45) is 0.756. The second kappa shape index (κ2) is 12.6. The third kappa shape index (κ3) is 6.48. The number of carbonyl (C=O) groups excluding carboxylic acids is 3. The lowest BCUT2D eigenvalue weighted by Gasteiger charge is -2.33. The molecule has 1 aromatic heterocycles. The molecule has 0 aliphatic carbocycles. The summed E-state index contributed by atoms with van der Waals surface area (Å²) in [6, 6.07) is 9.56. The zero-order chi connectivity index (χ0) is 28.9. The molecule has 0 saturated heterocycles. The van der Waals surface area contributed by atoms with E-state index >= 15 is 0 Å². The molecule has 5 N–H and O–H groups in total. The van der Waals surface area contributed by atoms with Crippen LogP contribution in [0, 0.1) is 19.8 Å². The number of benzene rings is 2. The monoisotopic (exact) mass is 553 g/mol. The highest BCUT2D eigenvalue weighted by Crippen LogP contribution is 2.38. The summed E-state index contributed by atoms with van der Waals surface area (Å²) >= 11 is 0.762. The van der Waals surface area contributed by atoms with E-state index in [-0.39, 0.29) is 16.3 Å². The minimum atomic E-state index is -1.12. The first-order chi connectivity index (χ1) is 18.5. The Balaban J connectivity index is 2.27. The van der Waals surface area contributed by atoms with Crippen LogP contribution in [0.3, 0.4) is 0 Å². The van der Waals surface area contributed by atoms with Gasteiger partial charge in [-0.25, -0.2) is 0 Å². The number of rotatable bonds is 11. The molecular formula is C28H35N5O5S. The molecular weight excluding hydrogens is 518 g/mol. The highest BCUT2D eigenvalue weighted by Gasteiger charge is 2.37. The van der Waals surface area contributed by atoms with Gasteiger partial charge < -0.3 is 26.3 Å². The number of nitrogen functional groups attached to an aromatic ring is 1. The topological polar surface area (TPSA) is 150 Å². The van der Waals surface area contributed by atoms with Gasteiger partial charge in [-0.1, -0.05) is 32.0 Å². The molecule has 11 heteroatoms. The van der Waals surface area contributed by atoms with Gasteiger partial charge in [-0.15, -0.1) is 0 Å². The third-order valence-electron chi connectivity index (χ3n) is 6.25. The van der Waals surface area contributed by atoms with Crippen molar-refractivity contribution >= 4 is 40.6 Å². The lowest BCUT2D eigenvalue weighted by atomic mass is 9.99. The summed E-state index contributed by atoms with van der Waals surface area (Å²) in [5.74, 6) is -0.589. The zero-order valence-corrected chi connectivity index (χ0v) is 23.8. The van der Waals surface area contributed by atoms with Crippen molar-refractivity contribution in [1.29, 1.82) is 0 Å². The molecule has 1 heterocycles. The van der Waals surface area contributed by atoms with E-state index in [1.807, 2.05) is 32.0 Å². The number of methoxy groups -OCH3 is 2. The quantitative estimate of drug-likeness (QED) is 0.325. The Labute approximate surface area is 232 Å². The SMILES string of the molecule is COc1ccc(C(C(=O)NCCC(C)C)N(C(=O)c2snc(C(N)=O)c2N)c2cc(C)ccc2C)cc1OC. The van der Waals surface area contributed by atoms with Gasteiger partial charge in [0.1, 0.15) is 10.9 Å². The van der Waals surface area contributed by atoms with Crippen LogP contribution in [0.25, 0.3) is 0 Å². The third-order valence-corrected chi connectivity index (χ3v) is 7.10. The Morgan fingerprint density at radius 2 is 1.74 bits per heavy atom. The van der Waals surface area contributed by atoms with Crippen molar-refractivity contribution in [2.45, 2.75) is 40.2 Å². The first-order valence-electron chi connectivity index (χ1n) is 12.5. The van der Waals surface area contributed by atoms with Crippen LogP contribution in [0.5, 0.6) is 11.5 Å². The molecule has 1 atom stereocenters. The summed E-state index contributed by atoms with van der Waals surface area (Å²) in [4.78, 5) is 41.4. The van der Waals surface area contributed by atoms with Crippen LogP contribution in [-0.2, 0) is 4.79 Å². The molecule has 2 aromatic carbocycles. The van der Waals surface area contributed by atoms with Crippen LogP contribution in [0.4, 0.5) is 11.4 Å². The molecule has 0 saturated carbocycles. The number of primary amides is 1. The molecule has 3 rings (SSSR count). The summed E-state index contributed by atoms with van der Waals surface area (Å²) in [5.41, 5.74) is 13.9. The molecule has 208 valence electrons. The molecule has 0 radical (unpaired) electrons. The van der Waals surface area contributed by atoms with E-state index in [1.54, 1.807) is 18.2 Å². The summed E-state index contributed by atoms with van der Waals surface area (Å²) in [7, 11) is 3.01. The predicted molar refractivity (Wildman–Crippen MR) is 153 cm³/mol. The van der Waals surface area contributed by atoms with E-state index < -0.39 is 23.8 Å². The van der Waals surface area contributed by atoms with Crippen LogP contribution < -0.4 is 31.2 Å². The number of carbonyl (C=O) groups is 3. The van der Waals surface area contributed by atoms with Crippen molar-refractivity contribution < 1.29 is 23.9 Å². The molecule has 3 aromatic rings. The van der Waals surface area contributed by atoms with Crippen LogP contribution in [0.15, 0.2) is 36.4 Å². The molecule has 10 nitrogen and oxygen atoms in total. The minimum absolute atomic E-state index is 0.00478. The van der Waals surface area contributed by atoms with Gasteiger partial charge in [0.2, 0.25) is 5.91 Å². The Morgan fingerprint density at radius 1 is 1.05 bits per heavy atom. The maximum atomic E-state index is 14.3.